The summed E-state index contributed by atoms with van der Waals surface area (Å²) < 4.78 is 37.7. The van der Waals surface area contributed by atoms with Crippen molar-refractivity contribution in [2.45, 2.75) is 6.04 Å². The van der Waals surface area contributed by atoms with E-state index >= 15 is 0 Å². The lowest BCUT2D eigenvalue weighted by Crippen LogP contribution is -2.51. The third kappa shape index (κ3) is 3.74. The first kappa shape index (κ1) is 14.0. The Balaban J connectivity index is 2.09. The van der Waals surface area contributed by atoms with Gasteiger partial charge in [0.25, 0.3) is 0 Å². The van der Waals surface area contributed by atoms with Gasteiger partial charge in [-0.25, -0.2) is 18.1 Å². The Bertz CT molecular complexity index is 493. The molecule has 1 saturated heterocycles. The molecule has 2 rings (SSSR count). The minimum atomic E-state index is -4.42. The molecule has 2 aliphatic heterocycles. The fourth-order valence-corrected chi connectivity index (χ4v) is 2.57. The van der Waals surface area contributed by atoms with E-state index in [-0.39, 0.29) is 6.03 Å². The summed E-state index contributed by atoms with van der Waals surface area (Å²) >= 11 is 0. The first-order valence-electron chi connectivity index (χ1n) is 5.82. The summed E-state index contributed by atoms with van der Waals surface area (Å²) in [4.78, 5) is 15.0. The molecule has 0 aromatic heterocycles. The van der Waals surface area contributed by atoms with Crippen molar-refractivity contribution in [3.63, 3.8) is 0 Å². The van der Waals surface area contributed by atoms with Gasteiger partial charge in [0.1, 0.15) is 0 Å². The first-order valence-corrected chi connectivity index (χ1v) is 7.40. The maximum absolute atomic E-state index is 12.2. The van der Waals surface area contributed by atoms with Crippen LogP contribution in [0.15, 0.2) is 18.4 Å². The molecule has 2 amide bonds. The van der Waals surface area contributed by atoms with Crippen molar-refractivity contribution in [1.82, 2.24) is 9.80 Å². The SMILES string of the molecule is O=C(N1CCOCC1)N1C=CC=[C+]C1CS(=O)(=O)[O-]. The van der Waals surface area contributed by atoms with E-state index in [1.807, 2.05) is 0 Å². The lowest BCUT2D eigenvalue weighted by molar-refractivity contribution is 0.0454. The molecule has 2 aliphatic rings. The second kappa shape index (κ2) is 5.66. The van der Waals surface area contributed by atoms with Gasteiger partial charge >= 0.3 is 6.03 Å². The Hall–Kier alpha value is -1.47. The van der Waals surface area contributed by atoms with Crippen molar-refractivity contribution in [2.75, 3.05) is 32.1 Å². The minimum absolute atomic E-state index is 0.339. The van der Waals surface area contributed by atoms with Crippen molar-refractivity contribution >= 4 is 16.1 Å². The second-order valence-corrected chi connectivity index (χ2v) is 5.65. The number of morpholine rings is 1. The molecule has 0 radical (unpaired) electrons. The number of hydrogen-bond acceptors (Lipinski definition) is 5. The molecule has 19 heavy (non-hydrogen) atoms. The lowest BCUT2D eigenvalue weighted by atomic mass is 10.2. The molecule has 7 nitrogen and oxygen atoms in total. The smallest absolute Gasteiger partial charge is 0.328 e. The second-order valence-electron chi connectivity index (χ2n) is 4.20. The van der Waals surface area contributed by atoms with Gasteiger partial charge in [-0.2, -0.15) is 0 Å². The van der Waals surface area contributed by atoms with E-state index in [9.17, 15) is 17.8 Å². The van der Waals surface area contributed by atoms with Crippen molar-refractivity contribution in [1.29, 1.82) is 0 Å². The van der Waals surface area contributed by atoms with Crippen LogP contribution in [0.25, 0.3) is 0 Å². The summed E-state index contributed by atoms with van der Waals surface area (Å²) in [6.07, 6.45) is 7.24. The average Bonchev–Trinajstić information content (AvgIpc) is 2.38. The Morgan fingerprint density at radius 3 is 2.74 bits per heavy atom. The number of rotatable bonds is 2. The molecular formula is C11H14N2O5S. The Morgan fingerprint density at radius 1 is 1.42 bits per heavy atom. The van der Waals surface area contributed by atoms with Crippen molar-refractivity contribution in [3.8, 4) is 0 Å². The monoisotopic (exact) mass is 286 g/mol. The van der Waals surface area contributed by atoms with Gasteiger partial charge in [-0.1, -0.05) is 0 Å². The molecule has 0 spiro atoms. The summed E-state index contributed by atoms with van der Waals surface area (Å²) in [5.74, 6) is -0.677. The molecular weight excluding hydrogens is 272 g/mol. The number of nitrogens with zero attached hydrogens (tertiary/aromatic N) is 2. The van der Waals surface area contributed by atoms with Gasteiger partial charge in [0.15, 0.2) is 12.1 Å². The van der Waals surface area contributed by atoms with E-state index in [2.05, 4.69) is 6.08 Å². The molecule has 0 aromatic rings. The normalized spacial score (nSPS) is 23.3. The van der Waals surface area contributed by atoms with Crippen LogP contribution < -0.4 is 0 Å². The van der Waals surface area contributed by atoms with Gasteiger partial charge in [-0.15, -0.1) is 0 Å². The Morgan fingerprint density at radius 2 is 2.11 bits per heavy atom. The maximum atomic E-state index is 12.2. The van der Waals surface area contributed by atoms with Crippen LogP contribution in [0.1, 0.15) is 0 Å². The van der Waals surface area contributed by atoms with Gasteiger partial charge < -0.3 is 14.2 Å². The van der Waals surface area contributed by atoms with E-state index in [0.29, 0.717) is 26.3 Å². The van der Waals surface area contributed by atoms with Gasteiger partial charge in [-0.3, -0.25) is 0 Å². The van der Waals surface area contributed by atoms with Crippen LogP contribution in [0.2, 0.25) is 0 Å². The van der Waals surface area contributed by atoms with Crippen LogP contribution in [0.4, 0.5) is 4.79 Å². The van der Waals surface area contributed by atoms with Crippen LogP contribution in [-0.2, 0) is 14.9 Å². The molecule has 0 saturated carbocycles. The zero-order chi connectivity index (χ0) is 13.9. The van der Waals surface area contributed by atoms with E-state index in [4.69, 9.17) is 4.74 Å². The minimum Gasteiger partial charge on any atom is -0.748 e. The van der Waals surface area contributed by atoms with E-state index in [1.165, 1.54) is 17.2 Å². The van der Waals surface area contributed by atoms with E-state index in [1.54, 1.807) is 11.0 Å². The Kier molecular flexibility index (Phi) is 4.16. The molecule has 8 heteroatoms. The molecule has 0 N–H and O–H groups in total. The molecule has 1 atom stereocenters. The zero-order valence-corrected chi connectivity index (χ0v) is 11.0. The van der Waals surface area contributed by atoms with Gasteiger partial charge in [0.2, 0.25) is 0 Å². The quantitative estimate of drug-likeness (QED) is 0.506. The standard InChI is InChI=1S/C11H14N2O5S/c14-11(12-5-7-18-8-6-12)13-4-2-1-3-10(13)9-19(15,16)17/h1-2,4,10H,5-9H2. The summed E-state index contributed by atoms with van der Waals surface area (Å²) in [7, 11) is -4.42. The topological polar surface area (TPSA) is 90.0 Å². The molecule has 104 valence electrons. The summed E-state index contributed by atoms with van der Waals surface area (Å²) in [5, 5.41) is 0. The lowest BCUT2D eigenvalue weighted by Gasteiger charge is -2.32. The highest BCUT2D eigenvalue weighted by atomic mass is 32.2. The Labute approximate surface area is 111 Å². The summed E-state index contributed by atoms with van der Waals surface area (Å²) in [5.41, 5.74) is 0. The number of hydrogen-bond donors (Lipinski definition) is 0. The third-order valence-electron chi connectivity index (χ3n) is 2.83. The fourth-order valence-electron chi connectivity index (χ4n) is 1.92. The van der Waals surface area contributed by atoms with Crippen LogP contribution in [0.3, 0.4) is 0 Å². The highest BCUT2D eigenvalue weighted by Crippen LogP contribution is 2.14. The molecule has 0 aliphatic carbocycles. The van der Waals surface area contributed by atoms with Gasteiger partial charge in [0.05, 0.1) is 47.4 Å². The predicted octanol–water partition coefficient (Wildman–Crippen LogP) is -0.459. The number of urea groups is 1. The summed E-state index contributed by atoms with van der Waals surface area (Å²) in [6, 6.07) is -1.21. The fraction of sp³-hybridized carbons (Fsp3) is 0.545. The highest BCUT2D eigenvalue weighted by Gasteiger charge is 2.33. The van der Waals surface area contributed by atoms with Crippen molar-refractivity contribution in [2.24, 2.45) is 0 Å². The van der Waals surface area contributed by atoms with Crippen molar-refractivity contribution < 1.29 is 22.5 Å². The van der Waals surface area contributed by atoms with Gasteiger partial charge in [-0.05, 0) is 0 Å². The van der Waals surface area contributed by atoms with Crippen LogP contribution >= 0.6 is 0 Å². The molecule has 0 bridgehead atoms. The third-order valence-corrected chi connectivity index (χ3v) is 3.56. The zero-order valence-electron chi connectivity index (χ0n) is 10.2. The first-order chi connectivity index (χ1) is 8.97. The summed E-state index contributed by atoms with van der Waals surface area (Å²) in [6.45, 7) is 1.80. The largest absolute Gasteiger partial charge is 0.748 e. The van der Waals surface area contributed by atoms with Crippen molar-refractivity contribution in [3.05, 3.63) is 24.4 Å². The van der Waals surface area contributed by atoms with E-state index < -0.39 is 21.9 Å². The number of allylic oxidation sites excluding steroid dienone is 2. The molecule has 1 unspecified atom stereocenters. The maximum Gasteiger partial charge on any atom is 0.328 e. The number of ether oxygens (including phenoxy) is 1. The van der Waals surface area contributed by atoms with Gasteiger partial charge in [0, 0.05) is 13.1 Å². The van der Waals surface area contributed by atoms with Crippen LogP contribution in [0.5, 0.6) is 0 Å². The van der Waals surface area contributed by atoms with E-state index in [0.717, 1.165) is 0 Å². The number of carbonyl (C=O) groups is 1. The number of carbonyl (C=O) groups excluding carboxylic acids is 1. The molecule has 1 fully saturated rings. The molecule has 2 heterocycles. The predicted molar refractivity (Wildman–Crippen MR) is 64.9 cm³/mol. The number of amides is 2. The highest BCUT2D eigenvalue weighted by molar-refractivity contribution is 7.85. The average molecular weight is 286 g/mol. The van der Waals surface area contributed by atoms with Crippen LogP contribution in [0, 0.1) is 6.08 Å². The van der Waals surface area contributed by atoms with Crippen LogP contribution in [-0.4, -0.2) is 66.9 Å². The molecule has 0 aromatic carbocycles.